The number of hydrogen-bond acceptors (Lipinski definition) is 3. The summed E-state index contributed by atoms with van der Waals surface area (Å²) in [6.07, 6.45) is 0. The minimum atomic E-state index is 0.837. The van der Waals surface area contributed by atoms with E-state index in [2.05, 4.69) is 177 Å². The normalized spacial score (nSPS) is 12.4. The molecule has 0 atom stereocenters. The fourth-order valence-electron chi connectivity index (χ4n) is 9.12. The number of rotatable bonds is 3. The summed E-state index contributed by atoms with van der Waals surface area (Å²) in [6, 6.07) is 59.9. The zero-order valence-electron chi connectivity index (χ0n) is 29.3. The van der Waals surface area contributed by atoms with Crippen molar-refractivity contribution in [2.24, 2.45) is 0 Å². The van der Waals surface area contributed by atoms with Crippen molar-refractivity contribution in [3.05, 3.63) is 170 Å². The van der Waals surface area contributed by atoms with Gasteiger partial charge in [0.2, 0.25) is 5.78 Å². The van der Waals surface area contributed by atoms with Gasteiger partial charge in [-0.2, -0.15) is 0 Å². The van der Waals surface area contributed by atoms with Gasteiger partial charge in [0.25, 0.3) is 0 Å². The average molecular weight is 705 g/mol. The number of imidazole rings is 2. The minimum absolute atomic E-state index is 0.837. The first-order valence-electron chi connectivity index (χ1n) is 18.5. The Balaban J connectivity index is 1.04. The number of para-hydroxylation sites is 6. The Labute approximate surface area is 312 Å². The highest BCUT2D eigenvalue weighted by Gasteiger charge is 2.22. The lowest BCUT2D eigenvalue weighted by molar-refractivity contribution is 0.668. The lowest BCUT2D eigenvalue weighted by Gasteiger charge is -2.10. The number of nitrogens with zero attached hydrogens (tertiary/aromatic N) is 4. The van der Waals surface area contributed by atoms with Crippen LogP contribution in [-0.4, -0.2) is 18.5 Å². The average Bonchev–Trinajstić information content (AvgIpc) is 4.04. The van der Waals surface area contributed by atoms with Crippen LogP contribution in [0.5, 0.6) is 0 Å². The molecule has 5 aromatic heterocycles. The number of furan rings is 2. The summed E-state index contributed by atoms with van der Waals surface area (Å²) in [6.45, 7) is 0. The van der Waals surface area contributed by atoms with Crippen LogP contribution in [0.2, 0.25) is 0 Å². The van der Waals surface area contributed by atoms with Gasteiger partial charge in [-0.25, -0.2) is 4.98 Å². The molecule has 0 saturated carbocycles. The molecule has 55 heavy (non-hydrogen) atoms. The van der Waals surface area contributed by atoms with Gasteiger partial charge in [-0.05, 0) is 96.1 Å². The molecule has 256 valence electrons. The molecule has 0 unspecified atom stereocenters. The van der Waals surface area contributed by atoms with Crippen molar-refractivity contribution >= 4 is 93.5 Å². The van der Waals surface area contributed by atoms with Crippen LogP contribution in [0.15, 0.2) is 179 Å². The number of hydrogen-bond donors (Lipinski definition) is 0. The van der Waals surface area contributed by atoms with E-state index in [-0.39, 0.29) is 0 Å². The molecule has 0 amide bonds. The van der Waals surface area contributed by atoms with Crippen LogP contribution in [0, 0.1) is 0 Å². The summed E-state index contributed by atoms with van der Waals surface area (Å²) in [4.78, 5) is 5.16. The van der Waals surface area contributed by atoms with E-state index >= 15 is 0 Å². The monoisotopic (exact) mass is 704 g/mol. The Bertz CT molecular complexity index is 3690. The SMILES string of the molecule is c1ccc2c(c1)nc1n(-c3cccc4oc5ccc(-c6ccc7oc8cccc(-n9c%10ccccc%10c%10ccccc%109)c8c7c6)cc5c34)c3ccccc3n21. The van der Waals surface area contributed by atoms with Gasteiger partial charge in [-0.1, -0.05) is 84.9 Å². The van der Waals surface area contributed by atoms with Crippen LogP contribution in [0.4, 0.5) is 0 Å². The second-order valence-electron chi connectivity index (χ2n) is 14.4. The molecule has 0 radical (unpaired) electrons. The van der Waals surface area contributed by atoms with Crippen molar-refractivity contribution < 1.29 is 8.83 Å². The van der Waals surface area contributed by atoms with Gasteiger partial charge in [-0.15, -0.1) is 0 Å². The molecule has 0 bridgehead atoms. The third-order valence-electron chi connectivity index (χ3n) is 11.4. The van der Waals surface area contributed by atoms with E-state index in [4.69, 9.17) is 13.8 Å². The van der Waals surface area contributed by atoms with Crippen LogP contribution in [0.3, 0.4) is 0 Å². The third-order valence-corrected chi connectivity index (χ3v) is 11.4. The summed E-state index contributed by atoms with van der Waals surface area (Å²) in [7, 11) is 0. The highest BCUT2D eigenvalue weighted by Crippen LogP contribution is 2.42. The first kappa shape index (κ1) is 28.9. The predicted molar refractivity (Wildman–Crippen MR) is 224 cm³/mol. The fourth-order valence-corrected chi connectivity index (χ4v) is 9.12. The Morgan fingerprint density at radius 2 is 0.873 bits per heavy atom. The molecule has 13 rings (SSSR count). The van der Waals surface area contributed by atoms with E-state index in [9.17, 15) is 0 Å². The summed E-state index contributed by atoms with van der Waals surface area (Å²) >= 11 is 0. The third kappa shape index (κ3) is 3.84. The van der Waals surface area contributed by atoms with Crippen LogP contribution < -0.4 is 0 Å². The van der Waals surface area contributed by atoms with E-state index < -0.39 is 0 Å². The Morgan fingerprint density at radius 1 is 0.364 bits per heavy atom. The molecule has 6 nitrogen and oxygen atoms in total. The lowest BCUT2D eigenvalue weighted by atomic mass is 10.00. The quantitative estimate of drug-likeness (QED) is 0.184. The summed E-state index contributed by atoms with van der Waals surface area (Å²) in [5.74, 6) is 0.872. The maximum Gasteiger partial charge on any atom is 0.220 e. The van der Waals surface area contributed by atoms with E-state index in [0.29, 0.717) is 0 Å². The van der Waals surface area contributed by atoms with Gasteiger partial charge < -0.3 is 13.4 Å². The van der Waals surface area contributed by atoms with Gasteiger partial charge in [0.05, 0.1) is 55.2 Å². The standard InChI is InChI=1S/C49H28N4O2/c1-4-14-36-31(11-1)32-12-2-5-15-37(32)51(36)41-19-9-21-45-47(41)33-27-29(23-25-43(33)54-45)30-24-26-44-34(28-30)48-42(20-10-22-46(48)55-44)53-40-18-8-7-17-39(40)52-38-16-6-3-13-35(38)50-49(52)53/h1-28H. The van der Waals surface area contributed by atoms with Crippen LogP contribution >= 0.6 is 0 Å². The largest absolute Gasteiger partial charge is 0.456 e. The zero-order valence-corrected chi connectivity index (χ0v) is 29.3. The zero-order chi connectivity index (χ0) is 35.8. The molecule has 13 aromatic rings. The van der Waals surface area contributed by atoms with Crippen molar-refractivity contribution in [1.82, 2.24) is 18.5 Å². The predicted octanol–water partition coefficient (Wildman–Crippen LogP) is 13.0. The first-order chi connectivity index (χ1) is 27.3. The van der Waals surface area contributed by atoms with Crippen molar-refractivity contribution in [1.29, 1.82) is 0 Å². The Morgan fingerprint density at radius 3 is 1.49 bits per heavy atom. The molecule has 0 aliphatic heterocycles. The van der Waals surface area contributed by atoms with Crippen molar-refractivity contribution in [3.8, 4) is 22.5 Å². The molecule has 5 heterocycles. The van der Waals surface area contributed by atoms with Gasteiger partial charge in [0, 0.05) is 21.5 Å². The maximum atomic E-state index is 6.55. The molecule has 0 aliphatic carbocycles. The van der Waals surface area contributed by atoms with E-state index in [1.807, 2.05) is 6.07 Å². The van der Waals surface area contributed by atoms with Gasteiger partial charge >= 0.3 is 0 Å². The molecular formula is C49H28N4O2. The molecule has 0 N–H and O–H groups in total. The Hall–Kier alpha value is -7.57. The molecule has 0 aliphatic rings. The van der Waals surface area contributed by atoms with Gasteiger partial charge in [0.15, 0.2) is 0 Å². The highest BCUT2D eigenvalue weighted by molar-refractivity contribution is 6.16. The minimum Gasteiger partial charge on any atom is -0.456 e. The highest BCUT2D eigenvalue weighted by atomic mass is 16.3. The van der Waals surface area contributed by atoms with Crippen LogP contribution in [0.1, 0.15) is 0 Å². The first-order valence-corrected chi connectivity index (χ1v) is 18.5. The van der Waals surface area contributed by atoms with Gasteiger partial charge in [0.1, 0.15) is 22.3 Å². The maximum absolute atomic E-state index is 6.55. The topological polar surface area (TPSA) is 53.4 Å². The van der Waals surface area contributed by atoms with Crippen molar-refractivity contribution in [3.63, 3.8) is 0 Å². The van der Waals surface area contributed by atoms with E-state index in [0.717, 1.165) is 94.2 Å². The second-order valence-corrected chi connectivity index (χ2v) is 14.4. The smallest absolute Gasteiger partial charge is 0.220 e. The molecule has 6 heteroatoms. The Kier molecular flexibility index (Phi) is 5.54. The number of aromatic nitrogens is 4. The molecule has 0 fully saturated rings. The van der Waals surface area contributed by atoms with Crippen LogP contribution in [0.25, 0.3) is 116 Å². The number of benzene rings is 8. The summed E-state index contributed by atoms with van der Waals surface area (Å²) < 4.78 is 20.0. The van der Waals surface area contributed by atoms with E-state index in [1.165, 1.54) is 21.8 Å². The molecule has 0 saturated heterocycles. The molecule has 8 aromatic carbocycles. The summed E-state index contributed by atoms with van der Waals surface area (Å²) in [5.41, 5.74) is 14.3. The molecular weight excluding hydrogens is 677 g/mol. The molecule has 0 spiro atoms. The van der Waals surface area contributed by atoms with Gasteiger partial charge in [-0.3, -0.25) is 8.97 Å². The lowest BCUT2D eigenvalue weighted by Crippen LogP contribution is -1.95. The van der Waals surface area contributed by atoms with E-state index in [1.54, 1.807) is 0 Å². The van der Waals surface area contributed by atoms with Crippen molar-refractivity contribution in [2.45, 2.75) is 0 Å². The van der Waals surface area contributed by atoms with Crippen molar-refractivity contribution in [2.75, 3.05) is 0 Å². The number of fused-ring (bicyclic) bond motifs is 14. The van der Waals surface area contributed by atoms with Crippen LogP contribution in [-0.2, 0) is 0 Å². The second kappa shape index (κ2) is 10.5. The summed E-state index contributed by atoms with van der Waals surface area (Å²) in [5, 5.41) is 6.75. The fraction of sp³-hybridized carbons (Fsp3) is 0.